The molecule has 0 aromatic heterocycles. The first-order valence-electron chi connectivity index (χ1n) is 7.51. The van der Waals surface area contributed by atoms with E-state index < -0.39 is 35.0 Å². The summed E-state index contributed by atoms with van der Waals surface area (Å²) in [7, 11) is 0. The highest BCUT2D eigenvalue weighted by atomic mass is 19.1. The Morgan fingerprint density at radius 2 is 2.13 bits per heavy atom. The number of halogens is 1. The lowest BCUT2D eigenvalue weighted by Crippen LogP contribution is -2.56. The van der Waals surface area contributed by atoms with Crippen LogP contribution in [0.15, 0.2) is 18.2 Å². The number of piperidine rings is 1. The summed E-state index contributed by atoms with van der Waals surface area (Å²) in [5.74, 6) is -2.99. The minimum absolute atomic E-state index is 0.0921. The van der Waals surface area contributed by atoms with Crippen molar-refractivity contribution in [3.63, 3.8) is 0 Å². The van der Waals surface area contributed by atoms with E-state index in [2.05, 4.69) is 0 Å². The zero-order chi connectivity index (χ0) is 17.2. The van der Waals surface area contributed by atoms with Gasteiger partial charge < -0.3 is 20.2 Å². The number of hydrogen-bond acceptors (Lipinski definition) is 4. The third-order valence-corrected chi connectivity index (χ3v) is 4.46. The Kier molecular flexibility index (Phi) is 4.89. The smallest absolute Gasteiger partial charge is 0.312 e. The summed E-state index contributed by atoms with van der Waals surface area (Å²) in [4.78, 5) is 25.3. The van der Waals surface area contributed by atoms with Crippen LogP contribution in [0.4, 0.5) is 4.39 Å². The van der Waals surface area contributed by atoms with Crippen LogP contribution in [0.25, 0.3) is 0 Å². The molecular formula is C16H20FNO5. The van der Waals surface area contributed by atoms with Crippen LogP contribution in [0.1, 0.15) is 36.5 Å². The van der Waals surface area contributed by atoms with E-state index in [1.807, 2.05) is 6.92 Å². The Balaban J connectivity index is 2.17. The van der Waals surface area contributed by atoms with Crippen molar-refractivity contribution in [1.29, 1.82) is 0 Å². The molecule has 2 rings (SSSR count). The number of carboxylic acids is 1. The Labute approximate surface area is 133 Å². The van der Waals surface area contributed by atoms with E-state index in [0.717, 1.165) is 12.1 Å². The largest absolute Gasteiger partial charge is 0.505 e. The predicted molar refractivity (Wildman–Crippen MR) is 79.6 cm³/mol. The van der Waals surface area contributed by atoms with Gasteiger partial charge in [0, 0.05) is 18.7 Å². The number of carbonyl (C=O) groups excluding carboxylic acids is 1. The van der Waals surface area contributed by atoms with E-state index >= 15 is 0 Å². The van der Waals surface area contributed by atoms with Gasteiger partial charge in [-0.1, -0.05) is 13.3 Å². The summed E-state index contributed by atoms with van der Waals surface area (Å²) >= 11 is 0. The molecule has 1 aromatic carbocycles. The molecule has 3 N–H and O–H groups in total. The lowest BCUT2D eigenvalue weighted by atomic mass is 9.72. The van der Waals surface area contributed by atoms with Crippen LogP contribution in [-0.4, -0.2) is 51.3 Å². The fourth-order valence-corrected chi connectivity index (χ4v) is 3.08. The molecule has 0 unspecified atom stereocenters. The van der Waals surface area contributed by atoms with Gasteiger partial charge in [-0.25, -0.2) is 4.39 Å². The molecule has 1 heterocycles. The molecular weight excluding hydrogens is 305 g/mol. The number of phenols is 1. The lowest BCUT2D eigenvalue weighted by molar-refractivity contribution is -0.162. The second kappa shape index (κ2) is 6.54. The molecule has 7 heteroatoms. The van der Waals surface area contributed by atoms with Gasteiger partial charge in [-0.05, 0) is 31.0 Å². The average molecular weight is 325 g/mol. The molecule has 1 aliphatic rings. The van der Waals surface area contributed by atoms with E-state index in [9.17, 15) is 29.3 Å². The Hall–Kier alpha value is -2.15. The Morgan fingerprint density at radius 3 is 2.65 bits per heavy atom. The number of aliphatic hydroxyl groups is 1. The standard InChI is InChI=1S/C16H20FNO5/c1-2-5-16(15(22)23)6-7-18(9-13(16)20)14(21)10-3-4-11(17)12(19)8-10/h3-4,8,13,19-20H,2,5-7,9H2,1H3,(H,22,23)/t13-,16-/m0/s1. The van der Waals surface area contributed by atoms with Gasteiger partial charge in [0.25, 0.3) is 5.91 Å². The summed E-state index contributed by atoms with van der Waals surface area (Å²) in [6.07, 6.45) is -0.0749. The van der Waals surface area contributed by atoms with Crippen molar-refractivity contribution >= 4 is 11.9 Å². The molecule has 1 aliphatic heterocycles. The topological polar surface area (TPSA) is 98.1 Å². The zero-order valence-electron chi connectivity index (χ0n) is 12.8. The van der Waals surface area contributed by atoms with Gasteiger partial charge in [-0.3, -0.25) is 9.59 Å². The number of aromatic hydroxyl groups is 1. The number of carboxylic acid groups (broad SMARTS) is 1. The Bertz CT molecular complexity index is 620. The number of aliphatic carboxylic acids is 1. The van der Waals surface area contributed by atoms with E-state index in [-0.39, 0.29) is 25.1 Å². The first-order valence-corrected chi connectivity index (χ1v) is 7.51. The minimum atomic E-state index is -1.24. The molecule has 6 nitrogen and oxygen atoms in total. The van der Waals surface area contributed by atoms with Gasteiger partial charge in [0.2, 0.25) is 0 Å². The molecule has 0 saturated carbocycles. The van der Waals surface area contributed by atoms with Crippen LogP contribution in [0, 0.1) is 11.2 Å². The fourth-order valence-electron chi connectivity index (χ4n) is 3.08. The lowest BCUT2D eigenvalue weighted by Gasteiger charge is -2.42. The highest BCUT2D eigenvalue weighted by Gasteiger charge is 2.48. The summed E-state index contributed by atoms with van der Waals surface area (Å²) in [5.41, 5.74) is -1.15. The van der Waals surface area contributed by atoms with Crippen molar-refractivity contribution in [1.82, 2.24) is 4.90 Å². The molecule has 0 spiro atoms. The number of hydrogen-bond donors (Lipinski definition) is 3. The number of rotatable bonds is 4. The number of amides is 1. The number of benzene rings is 1. The molecule has 1 aromatic rings. The number of nitrogens with zero attached hydrogens (tertiary/aromatic N) is 1. The van der Waals surface area contributed by atoms with Crippen LogP contribution in [0.5, 0.6) is 5.75 Å². The van der Waals surface area contributed by atoms with Gasteiger partial charge in [0.15, 0.2) is 11.6 Å². The van der Waals surface area contributed by atoms with Gasteiger partial charge in [-0.15, -0.1) is 0 Å². The second-order valence-corrected chi connectivity index (χ2v) is 5.89. The predicted octanol–water partition coefficient (Wildman–Crippen LogP) is 1.61. The quantitative estimate of drug-likeness (QED) is 0.781. The van der Waals surface area contributed by atoms with Gasteiger partial charge >= 0.3 is 5.97 Å². The fraction of sp³-hybridized carbons (Fsp3) is 0.500. The number of aliphatic hydroxyl groups excluding tert-OH is 1. The molecule has 0 aliphatic carbocycles. The van der Waals surface area contributed by atoms with E-state index in [0.29, 0.717) is 12.8 Å². The maximum atomic E-state index is 13.1. The van der Waals surface area contributed by atoms with Crippen molar-refractivity contribution in [2.24, 2.45) is 5.41 Å². The maximum Gasteiger partial charge on any atom is 0.312 e. The zero-order valence-corrected chi connectivity index (χ0v) is 12.8. The minimum Gasteiger partial charge on any atom is -0.505 e. The third-order valence-electron chi connectivity index (χ3n) is 4.46. The molecule has 126 valence electrons. The summed E-state index contributed by atoms with van der Waals surface area (Å²) in [6, 6.07) is 3.26. The Morgan fingerprint density at radius 1 is 1.43 bits per heavy atom. The monoisotopic (exact) mass is 325 g/mol. The number of likely N-dealkylation sites (tertiary alicyclic amines) is 1. The molecule has 1 saturated heterocycles. The van der Waals surface area contributed by atoms with Crippen molar-refractivity contribution in [3.05, 3.63) is 29.6 Å². The van der Waals surface area contributed by atoms with Gasteiger partial charge in [-0.2, -0.15) is 0 Å². The molecule has 1 fully saturated rings. The van der Waals surface area contributed by atoms with E-state index in [4.69, 9.17) is 0 Å². The van der Waals surface area contributed by atoms with Crippen molar-refractivity contribution < 1.29 is 29.3 Å². The van der Waals surface area contributed by atoms with Crippen LogP contribution in [0.3, 0.4) is 0 Å². The molecule has 0 radical (unpaired) electrons. The summed E-state index contributed by atoms with van der Waals surface area (Å²) < 4.78 is 13.1. The van der Waals surface area contributed by atoms with Crippen LogP contribution >= 0.6 is 0 Å². The SMILES string of the molecule is CCC[C@]1(C(=O)O)CCN(C(=O)c2ccc(F)c(O)c2)C[C@@H]1O. The van der Waals surface area contributed by atoms with Crippen molar-refractivity contribution in [3.8, 4) is 5.75 Å². The average Bonchev–Trinajstić information content (AvgIpc) is 2.51. The molecule has 0 bridgehead atoms. The van der Waals surface area contributed by atoms with Crippen molar-refractivity contribution in [2.75, 3.05) is 13.1 Å². The number of carbonyl (C=O) groups is 2. The second-order valence-electron chi connectivity index (χ2n) is 5.89. The van der Waals surface area contributed by atoms with Gasteiger partial charge in [0.05, 0.1) is 11.5 Å². The number of β-amino-alcohol motifs (C(OH)–C–C–N with tert-alkyl or cyclic N) is 1. The maximum absolute atomic E-state index is 13.1. The third kappa shape index (κ3) is 3.14. The highest BCUT2D eigenvalue weighted by molar-refractivity contribution is 5.95. The number of phenolic OH excluding ortho intramolecular Hbond substituents is 1. The normalized spacial score (nSPS) is 24.5. The molecule has 1 amide bonds. The van der Waals surface area contributed by atoms with Crippen LogP contribution in [0.2, 0.25) is 0 Å². The first kappa shape index (κ1) is 17.2. The van der Waals surface area contributed by atoms with E-state index in [1.165, 1.54) is 11.0 Å². The van der Waals surface area contributed by atoms with Gasteiger partial charge in [0.1, 0.15) is 0 Å². The molecule has 2 atom stereocenters. The van der Waals surface area contributed by atoms with Crippen LogP contribution in [-0.2, 0) is 4.79 Å². The van der Waals surface area contributed by atoms with Crippen LogP contribution < -0.4 is 0 Å². The summed E-state index contributed by atoms with van der Waals surface area (Å²) in [5, 5.41) is 29.1. The first-order chi connectivity index (χ1) is 10.8. The molecule has 23 heavy (non-hydrogen) atoms. The van der Waals surface area contributed by atoms with E-state index in [1.54, 1.807) is 0 Å². The van der Waals surface area contributed by atoms with Crippen molar-refractivity contribution in [2.45, 2.75) is 32.3 Å². The highest BCUT2D eigenvalue weighted by Crippen LogP contribution is 2.37. The summed E-state index contributed by atoms with van der Waals surface area (Å²) in [6.45, 7) is 1.92.